The monoisotopic (exact) mass is 362 g/mol. The van der Waals surface area contributed by atoms with Gasteiger partial charge < -0.3 is 15.4 Å². The fraction of sp³-hybridized carbons (Fsp3) is 0.190. The molecule has 27 heavy (non-hydrogen) atoms. The zero-order chi connectivity index (χ0) is 18.9. The van der Waals surface area contributed by atoms with Gasteiger partial charge in [-0.2, -0.15) is 4.98 Å². The highest BCUT2D eigenvalue weighted by Gasteiger charge is 2.05. The molecule has 2 aromatic carbocycles. The van der Waals surface area contributed by atoms with Gasteiger partial charge in [0.2, 0.25) is 5.95 Å². The van der Waals surface area contributed by atoms with Crippen LogP contribution in [0, 0.1) is 0 Å². The number of carbonyl (C=O) groups excluding carboxylic acids is 1. The van der Waals surface area contributed by atoms with E-state index in [0.29, 0.717) is 11.5 Å². The second-order valence-electron chi connectivity index (χ2n) is 5.98. The van der Waals surface area contributed by atoms with Crippen LogP contribution in [0.1, 0.15) is 22.3 Å². The predicted octanol–water partition coefficient (Wildman–Crippen LogP) is 4.05. The quantitative estimate of drug-likeness (QED) is 0.465. The highest BCUT2D eigenvalue weighted by atomic mass is 16.5. The van der Waals surface area contributed by atoms with Gasteiger partial charge in [0.05, 0.1) is 12.7 Å². The van der Waals surface area contributed by atoms with Crippen molar-refractivity contribution < 1.29 is 9.53 Å². The molecule has 0 atom stereocenters. The number of hydrogen-bond acceptors (Lipinski definition) is 6. The molecule has 138 valence electrons. The minimum atomic E-state index is -0.362. The summed E-state index contributed by atoms with van der Waals surface area (Å²) in [5.74, 6) is 0.903. The van der Waals surface area contributed by atoms with Gasteiger partial charge in [-0.1, -0.05) is 30.3 Å². The summed E-state index contributed by atoms with van der Waals surface area (Å²) >= 11 is 0. The average molecular weight is 362 g/mol. The van der Waals surface area contributed by atoms with Crippen LogP contribution < -0.4 is 10.6 Å². The molecular weight excluding hydrogens is 340 g/mol. The Kier molecular flexibility index (Phi) is 6.35. The van der Waals surface area contributed by atoms with Crippen molar-refractivity contribution in [3.8, 4) is 0 Å². The highest BCUT2D eigenvalue weighted by Crippen LogP contribution is 2.15. The number of carbonyl (C=O) groups is 1. The van der Waals surface area contributed by atoms with Crippen LogP contribution >= 0.6 is 0 Å². The van der Waals surface area contributed by atoms with E-state index in [9.17, 15) is 4.79 Å². The van der Waals surface area contributed by atoms with Crippen LogP contribution in [0.5, 0.6) is 0 Å². The summed E-state index contributed by atoms with van der Waals surface area (Å²) in [4.78, 5) is 20.2. The number of nitrogens with zero attached hydrogens (tertiary/aromatic N) is 2. The molecule has 0 unspecified atom stereocenters. The van der Waals surface area contributed by atoms with E-state index in [0.717, 1.165) is 30.9 Å². The highest BCUT2D eigenvalue weighted by molar-refractivity contribution is 5.89. The normalized spacial score (nSPS) is 10.3. The lowest BCUT2D eigenvalue weighted by molar-refractivity contribution is 0.0601. The zero-order valence-electron chi connectivity index (χ0n) is 15.2. The summed E-state index contributed by atoms with van der Waals surface area (Å²) in [6.45, 7) is 0.833. The number of anilines is 3. The van der Waals surface area contributed by atoms with Gasteiger partial charge in [0.25, 0.3) is 0 Å². The largest absolute Gasteiger partial charge is 0.465 e. The van der Waals surface area contributed by atoms with Crippen LogP contribution in [-0.2, 0) is 11.2 Å². The molecule has 6 nitrogen and oxygen atoms in total. The third-order valence-corrected chi connectivity index (χ3v) is 4.01. The van der Waals surface area contributed by atoms with Crippen molar-refractivity contribution in [3.63, 3.8) is 0 Å². The first kappa shape index (κ1) is 18.4. The predicted molar refractivity (Wildman–Crippen MR) is 106 cm³/mol. The van der Waals surface area contributed by atoms with Crippen molar-refractivity contribution in [3.05, 3.63) is 78.0 Å². The molecule has 0 amide bonds. The first-order valence-corrected chi connectivity index (χ1v) is 8.81. The van der Waals surface area contributed by atoms with Crippen molar-refractivity contribution >= 4 is 23.4 Å². The Labute approximate surface area is 158 Å². The van der Waals surface area contributed by atoms with Crippen LogP contribution in [0.4, 0.5) is 17.5 Å². The number of aromatic nitrogens is 2. The first-order chi connectivity index (χ1) is 13.2. The molecule has 0 radical (unpaired) electrons. The number of rotatable bonds is 8. The Morgan fingerprint density at radius 3 is 2.56 bits per heavy atom. The molecule has 0 aliphatic rings. The van der Waals surface area contributed by atoms with Gasteiger partial charge >= 0.3 is 5.97 Å². The number of nitrogens with one attached hydrogen (secondary N) is 2. The molecule has 0 saturated carbocycles. The van der Waals surface area contributed by atoms with Crippen LogP contribution in [0.15, 0.2) is 66.9 Å². The molecule has 1 heterocycles. The molecule has 0 fully saturated rings. The molecule has 0 spiro atoms. The summed E-state index contributed by atoms with van der Waals surface area (Å²) < 4.78 is 4.69. The van der Waals surface area contributed by atoms with Gasteiger partial charge in [-0.05, 0) is 48.7 Å². The van der Waals surface area contributed by atoms with Gasteiger partial charge in [0, 0.05) is 18.4 Å². The van der Waals surface area contributed by atoms with Gasteiger partial charge in [-0.25, -0.2) is 9.78 Å². The number of esters is 1. The number of methoxy groups -OCH3 is 1. The Morgan fingerprint density at radius 2 is 1.81 bits per heavy atom. The third-order valence-electron chi connectivity index (χ3n) is 4.01. The van der Waals surface area contributed by atoms with Crippen LogP contribution in [-0.4, -0.2) is 29.6 Å². The zero-order valence-corrected chi connectivity index (χ0v) is 15.2. The number of aryl methyl sites for hydroxylation is 1. The molecule has 2 N–H and O–H groups in total. The Morgan fingerprint density at radius 1 is 1.04 bits per heavy atom. The van der Waals surface area contributed by atoms with Crippen LogP contribution in [0.3, 0.4) is 0 Å². The summed E-state index contributed by atoms with van der Waals surface area (Å²) in [7, 11) is 1.36. The third kappa shape index (κ3) is 5.54. The molecule has 0 aliphatic heterocycles. The maximum atomic E-state index is 11.5. The van der Waals surface area contributed by atoms with E-state index in [1.54, 1.807) is 30.5 Å². The molecule has 0 aliphatic carbocycles. The fourth-order valence-electron chi connectivity index (χ4n) is 2.61. The minimum Gasteiger partial charge on any atom is -0.465 e. The summed E-state index contributed by atoms with van der Waals surface area (Å²) in [6, 6.07) is 19.2. The fourth-order valence-corrected chi connectivity index (χ4v) is 2.61. The molecular formula is C21H22N4O2. The van der Waals surface area contributed by atoms with Crippen molar-refractivity contribution in [2.75, 3.05) is 24.3 Å². The van der Waals surface area contributed by atoms with E-state index in [2.05, 4.69) is 44.9 Å². The average Bonchev–Trinajstić information content (AvgIpc) is 2.72. The topological polar surface area (TPSA) is 76.1 Å². The number of benzene rings is 2. The molecule has 6 heteroatoms. The summed E-state index contributed by atoms with van der Waals surface area (Å²) in [5.41, 5.74) is 2.63. The van der Waals surface area contributed by atoms with E-state index in [1.807, 2.05) is 12.1 Å². The first-order valence-electron chi connectivity index (χ1n) is 8.81. The van der Waals surface area contributed by atoms with Crippen LogP contribution in [0.25, 0.3) is 0 Å². The number of hydrogen-bond donors (Lipinski definition) is 2. The molecule has 1 aromatic heterocycles. The summed E-state index contributed by atoms with van der Waals surface area (Å²) in [6.07, 6.45) is 3.75. The van der Waals surface area contributed by atoms with E-state index >= 15 is 0 Å². The van der Waals surface area contributed by atoms with Crippen molar-refractivity contribution in [1.82, 2.24) is 9.97 Å². The molecule has 3 rings (SSSR count). The molecule has 0 bridgehead atoms. The van der Waals surface area contributed by atoms with Crippen molar-refractivity contribution in [2.45, 2.75) is 12.8 Å². The van der Waals surface area contributed by atoms with E-state index in [-0.39, 0.29) is 5.97 Å². The van der Waals surface area contributed by atoms with Crippen LogP contribution in [0.2, 0.25) is 0 Å². The van der Waals surface area contributed by atoms with Crippen molar-refractivity contribution in [2.24, 2.45) is 0 Å². The van der Waals surface area contributed by atoms with E-state index < -0.39 is 0 Å². The maximum Gasteiger partial charge on any atom is 0.337 e. The van der Waals surface area contributed by atoms with Gasteiger partial charge in [0.1, 0.15) is 5.82 Å². The van der Waals surface area contributed by atoms with Gasteiger partial charge in [-0.3, -0.25) is 0 Å². The lowest BCUT2D eigenvalue weighted by Gasteiger charge is -2.09. The Bertz CT molecular complexity index is 867. The van der Waals surface area contributed by atoms with E-state index in [4.69, 9.17) is 4.74 Å². The minimum absolute atomic E-state index is 0.362. The van der Waals surface area contributed by atoms with Gasteiger partial charge in [0.15, 0.2) is 0 Å². The number of ether oxygens (including phenoxy) is 1. The van der Waals surface area contributed by atoms with Gasteiger partial charge in [-0.15, -0.1) is 0 Å². The standard InChI is InChI=1S/C21H22N4O2/c1-27-20(26)17-9-11-18(12-10-17)24-21-23-15-13-19(25-21)22-14-5-8-16-6-3-2-4-7-16/h2-4,6-7,9-13,15H,5,8,14H2,1H3,(H2,22,23,24,25). The van der Waals surface area contributed by atoms with E-state index in [1.165, 1.54) is 12.7 Å². The summed E-state index contributed by atoms with van der Waals surface area (Å²) in [5, 5.41) is 6.45. The molecule has 3 aromatic rings. The SMILES string of the molecule is COC(=O)c1ccc(Nc2nccc(NCCCc3ccccc3)n2)cc1. The lowest BCUT2D eigenvalue weighted by atomic mass is 10.1. The smallest absolute Gasteiger partial charge is 0.337 e. The van der Waals surface area contributed by atoms with Crippen molar-refractivity contribution in [1.29, 1.82) is 0 Å². The Hall–Kier alpha value is -3.41. The Balaban J connectivity index is 1.51. The molecule has 0 saturated heterocycles. The maximum absolute atomic E-state index is 11.5. The lowest BCUT2D eigenvalue weighted by Crippen LogP contribution is -2.06. The second kappa shape index (κ2) is 9.33. The second-order valence-corrected chi connectivity index (χ2v) is 5.98.